The third-order valence-electron chi connectivity index (χ3n) is 3.90. The molecule has 0 saturated carbocycles. The van der Waals surface area contributed by atoms with Gasteiger partial charge in [0, 0.05) is 11.4 Å². The minimum Gasteiger partial charge on any atom is -0.368 e. The van der Waals surface area contributed by atoms with Crippen LogP contribution in [-0.2, 0) is 5.75 Å². The van der Waals surface area contributed by atoms with Gasteiger partial charge in [-0.05, 0) is 32.0 Å². The topological polar surface area (TPSA) is 151 Å². The van der Waals surface area contributed by atoms with Crippen molar-refractivity contribution in [3.63, 3.8) is 0 Å². The first kappa shape index (κ1) is 18.7. The lowest BCUT2D eigenvalue weighted by molar-refractivity contribution is 0.727. The molecule has 0 aliphatic heterocycles. The molecule has 0 aliphatic carbocycles. The fourth-order valence-corrected chi connectivity index (χ4v) is 3.39. The Bertz CT molecular complexity index is 1140. The smallest absolute Gasteiger partial charge is 0.271 e. The van der Waals surface area contributed by atoms with Gasteiger partial charge in [0.1, 0.15) is 5.82 Å². The van der Waals surface area contributed by atoms with Gasteiger partial charge in [0.15, 0.2) is 0 Å². The zero-order valence-electron chi connectivity index (χ0n) is 15.8. The van der Waals surface area contributed by atoms with Gasteiger partial charge in [-0.2, -0.15) is 20.1 Å². The zero-order valence-corrected chi connectivity index (χ0v) is 16.6. The minimum absolute atomic E-state index is 0.131. The van der Waals surface area contributed by atoms with Crippen LogP contribution in [-0.4, -0.2) is 39.6 Å². The van der Waals surface area contributed by atoms with Crippen LogP contribution in [0.4, 0.5) is 17.6 Å². The highest BCUT2D eigenvalue weighted by Crippen LogP contribution is 2.21. The number of anilines is 3. The van der Waals surface area contributed by atoms with Crippen molar-refractivity contribution < 1.29 is 0 Å². The predicted octanol–water partition coefficient (Wildman–Crippen LogP) is 1.60. The van der Waals surface area contributed by atoms with Crippen molar-refractivity contribution in [3.05, 3.63) is 53.6 Å². The van der Waals surface area contributed by atoms with Crippen molar-refractivity contribution in [2.45, 2.75) is 24.8 Å². The van der Waals surface area contributed by atoms with Crippen molar-refractivity contribution in [3.8, 4) is 5.95 Å². The minimum atomic E-state index is 0.131. The number of rotatable bonds is 6. The number of nitrogens with zero attached hydrogens (tertiary/aromatic N) is 8. The lowest BCUT2D eigenvalue weighted by Gasteiger charge is -2.07. The van der Waals surface area contributed by atoms with Crippen molar-refractivity contribution in [1.82, 2.24) is 39.6 Å². The van der Waals surface area contributed by atoms with E-state index in [4.69, 9.17) is 11.6 Å². The SMILES string of the molecule is Cc1cc(C)n(-c2nnc(SCc3nc(N)nc(Nc4ccccc4)n3)n2N)n1. The normalized spacial score (nSPS) is 11.0. The molecule has 0 bridgehead atoms. The molecule has 12 heteroatoms. The van der Waals surface area contributed by atoms with Gasteiger partial charge in [0.25, 0.3) is 5.95 Å². The number of hydrogen-bond donors (Lipinski definition) is 3. The fourth-order valence-electron chi connectivity index (χ4n) is 2.68. The van der Waals surface area contributed by atoms with Crippen molar-refractivity contribution >= 4 is 29.3 Å². The Morgan fingerprint density at radius 1 is 1.07 bits per heavy atom. The van der Waals surface area contributed by atoms with E-state index in [0.717, 1.165) is 17.1 Å². The number of benzene rings is 1. The Morgan fingerprint density at radius 3 is 2.59 bits per heavy atom. The summed E-state index contributed by atoms with van der Waals surface area (Å²) >= 11 is 1.34. The van der Waals surface area contributed by atoms with E-state index in [1.165, 1.54) is 16.4 Å². The summed E-state index contributed by atoms with van der Waals surface area (Å²) in [6.45, 7) is 3.83. The largest absolute Gasteiger partial charge is 0.368 e. The second-order valence-corrected chi connectivity index (χ2v) is 7.15. The van der Waals surface area contributed by atoms with E-state index in [1.807, 2.05) is 50.2 Å². The number of thioether (sulfide) groups is 1. The molecule has 0 atom stereocenters. The van der Waals surface area contributed by atoms with Crippen LogP contribution in [0.1, 0.15) is 17.2 Å². The lowest BCUT2D eigenvalue weighted by atomic mass is 10.3. The van der Waals surface area contributed by atoms with E-state index in [-0.39, 0.29) is 5.95 Å². The molecule has 4 aromatic rings. The third-order valence-corrected chi connectivity index (χ3v) is 4.84. The highest BCUT2D eigenvalue weighted by Gasteiger charge is 2.16. The second kappa shape index (κ2) is 7.75. The van der Waals surface area contributed by atoms with Gasteiger partial charge in [0.05, 0.1) is 11.4 Å². The molecule has 0 saturated heterocycles. The van der Waals surface area contributed by atoms with E-state index in [9.17, 15) is 0 Å². The monoisotopic (exact) mass is 409 g/mol. The van der Waals surface area contributed by atoms with Crippen molar-refractivity contribution in [2.75, 3.05) is 16.9 Å². The highest BCUT2D eigenvalue weighted by atomic mass is 32.2. The number of nitrogens with two attached hydrogens (primary N) is 2. The average Bonchev–Trinajstić information content (AvgIpc) is 3.21. The number of hydrogen-bond acceptors (Lipinski definition) is 10. The Hall–Kier alpha value is -3.67. The molecule has 3 aromatic heterocycles. The highest BCUT2D eigenvalue weighted by molar-refractivity contribution is 7.98. The van der Waals surface area contributed by atoms with Gasteiger partial charge >= 0.3 is 0 Å². The molecule has 0 unspecified atom stereocenters. The summed E-state index contributed by atoms with van der Waals surface area (Å²) in [4.78, 5) is 12.7. The fraction of sp³-hybridized carbons (Fsp3) is 0.176. The predicted molar refractivity (Wildman–Crippen MR) is 110 cm³/mol. The van der Waals surface area contributed by atoms with Crippen LogP contribution in [0.15, 0.2) is 41.6 Å². The number of aromatic nitrogens is 8. The Morgan fingerprint density at radius 2 is 1.86 bits per heavy atom. The first-order valence-corrected chi connectivity index (χ1v) is 9.67. The summed E-state index contributed by atoms with van der Waals surface area (Å²) in [5.74, 6) is 7.98. The summed E-state index contributed by atoms with van der Waals surface area (Å²) in [5, 5.41) is 16.3. The number of para-hydroxylation sites is 1. The van der Waals surface area contributed by atoms with E-state index in [1.54, 1.807) is 4.68 Å². The number of aryl methyl sites for hydroxylation is 2. The number of nitrogens with one attached hydrogen (secondary N) is 1. The van der Waals surface area contributed by atoms with Crippen molar-refractivity contribution in [2.24, 2.45) is 0 Å². The van der Waals surface area contributed by atoms with Crippen LogP contribution in [0.2, 0.25) is 0 Å². The summed E-state index contributed by atoms with van der Waals surface area (Å²) in [5.41, 5.74) is 8.48. The molecule has 11 nitrogen and oxygen atoms in total. The summed E-state index contributed by atoms with van der Waals surface area (Å²) in [6.07, 6.45) is 0. The summed E-state index contributed by atoms with van der Waals surface area (Å²) < 4.78 is 3.03. The molecular formula is C17H19N11S. The molecular weight excluding hydrogens is 390 g/mol. The van der Waals surface area contributed by atoms with Gasteiger partial charge in [-0.15, -0.1) is 10.2 Å². The quantitative estimate of drug-likeness (QED) is 0.316. The van der Waals surface area contributed by atoms with Crippen LogP contribution in [0.25, 0.3) is 5.95 Å². The average molecular weight is 409 g/mol. The molecule has 4 rings (SSSR count). The molecule has 5 N–H and O–H groups in total. The van der Waals surface area contributed by atoms with E-state index in [0.29, 0.717) is 28.6 Å². The summed E-state index contributed by atoms with van der Waals surface area (Å²) in [7, 11) is 0. The standard InChI is InChI=1S/C17H19N11S/c1-10-8-11(2)28(26-10)16-24-25-17(27(16)19)29-9-13-21-14(18)23-15(22-13)20-12-6-4-3-5-7-12/h3-8H,9,19H2,1-2H3,(H3,18,20,21,22,23). The van der Waals surface area contributed by atoms with Gasteiger partial charge in [-0.25, -0.2) is 9.36 Å². The van der Waals surface area contributed by atoms with Crippen LogP contribution < -0.4 is 16.9 Å². The first-order valence-electron chi connectivity index (χ1n) is 8.69. The van der Waals surface area contributed by atoms with Gasteiger partial charge < -0.3 is 16.9 Å². The van der Waals surface area contributed by atoms with E-state index in [2.05, 4.69) is 35.6 Å². The maximum absolute atomic E-state index is 6.16. The van der Waals surface area contributed by atoms with Gasteiger partial charge in [-0.1, -0.05) is 30.0 Å². The van der Waals surface area contributed by atoms with Crippen LogP contribution >= 0.6 is 11.8 Å². The lowest BCUT2D eigenvalue weighted by Crippen LogP contribution is -2.17. The van der Waals surface area contributed by atoms with Gasteiger partial charge in [-0.3, -0.25) is 0 Å². The van der Waals surface area contributed by atoms with E-state index >= 15 is 0 Å². The Kier molecular flexibility index (Phi) is 4.99. The molecule has 0 aliphatic rings. The van der Waals surface area contributed by atoms with Gasteiger partial charge in [0.2, 0.25) is 17.1 Å². The molecule has 0 radical (unpaired) electrons. The first-order chi connectivity index (χ1) is 14.0. The molecule has 3 heterocycles. The Balaban J connectivity index is 1.50. The maximum atomic E-state index is 6.16. The molecule has 0 fully saturated rings. The summed E-state index contributed by atoms with van der Waals surface area (Å²) in [6, 6.07) is 11.5. The van der Waals surface area contributed by atoms with Crippen LogP contribution in [0, 0.1) is 13.8 Å². The van der Waals surface area contributed by atoms with E-state index < -0.39 is 0 Å². The maximum Gasteiger partial charge on any atom is 0.271 e. The van der Waals surface area contributed by atoms with Crippen LogP contribution in [0.3, 0.4) is 0 Å². The zero-order chi connectivity index (χ0) is 20.4. The van der Waals surface area contributed by atoms with Crippen molar-refractivity contribution in [1.29, 1.82) is 0 Å². The number of nitrogen functional groups attached to an aromatic ring is 2. The molecule has 0 spiro atoms. The van der Waals surface area contributed by atoms with Crippen LogP contribution in [0.5, 0.6) is 0 Å². The third kappa shape index (κ3) is 4.11. The molecule has 0 amide bonds. The molecule has 1 aromatic carbocycles. The molecule has 29 heavy (non-hydrogen) atoms. The Labute approximate surface area is 170 Å². The second-order valence-electron chi connectivity index (χ2n) is 6.20. The molecule has 148 valence electrons.